The molecule has 0 fully saturated rings. The number of rotatable bonds is 3. The van der Waals surface area contributed by atoms with Crippen molar-refractivity contribution < 1.29 is 0 Å². The van der Waals surface area contributed by atoms with Crippen molar-refractivity contribution in [3.63, 3.8) is 0 Å². The Hall–Kier alpha value is -2.50. The van der Waals surface area contributed by atoms with Crippen LogP contribution in [-0.2, 0) is 5.41 Å². The number of aromatic amines is 1. The number of hydrogen-bond donors (Lipinski definition) is 2. The molecule has 0 atom stereocenters. The molecule has 0 bridgehead atoms. The number of hydrazone groups is 1. The maximum Gasteiger partial charge on any atom is 0.271 e. The van der Waals surface area contributed by atoms with Crippen molar-refractivity contribution in [1.82, 2.24) is 15.2 Å². The van der Waals surface area contributed by atoms with Crippen LogP contribution < -0.4 is 11.0 Å². The molecule has 1 heterocycles. The maximum absolute atomic E-state index is 11.0. The molecule has 0 spiro atoms. The molecule has 0 saturated heterocycles. The molecule has 2 N–H and O–H groups in total. The van der Waals surface area contributed by atoms with Crippen LogP contribution in [-0.4, -0.2) is 21.4 Å². The van der Waals surface area contributed by atoms with Crippen molar-refractivity contribution in [2.45, 2.75) is 26.2 Å². The van der Waals surface area contributed by atoms with Crippen molar-refractivity contribution in [2.24, 2.45) is 5.10 Å². The highest BCUT2D eigenvalue weighted by Gasteiger charge is 2.12. The zero-order valence-electron chi connectivity index (χ0n) is 11.7. The van der Waals surface area contributed by atoms with Crippen LogP contribution in [0.5, 0.6) is 0 Å². The molecule has 0 aliphatic heterocycles. The normalized spacial score (nSPS) is 11.8. The van der Waals surface area contributed by atoms with Crippen molar-refractivity contribution in [1.29, 1.82) is 0 Å². The number of aromatic nitrogens is 3. The minimum Gasteiger partial charge on any atom is -0.289 e. The molecule has 20 heavy (non-hydrogen) atoms. The third kappa shape index (κ3) is 3.74. The van der Waals surface area contributed by atoms with E-state index < -0.39 is 0 Å². The highest BCUT2D eigenvalue weighted by atomic mass is 16.1. The second kappa shape index (κ2) is 5.64. The van der Waals surface area contributed by atoms with Gasteiger partial charge in [0.05, 0.1) is 6.21 Å². The van der Waals surface area contributed by atoms with Gasteiger partial charge in [-0.05, 0) is 16.5 Å². The van der Waals surface area contributed by atoms with Crippen LogP contribution in [0, 0.1) is 0 Å². The minimum atomic E-state index is -0.327. The van der Waals surface area contributed by atoms with Crippen molar-refractivity contribution in [3.05, 3.63) is 51.9 Å². The van der Waals surface area contributed by atoms with Gasteiger partial charge < -0.3 is 0 Å². The Bertz CT molecular complexity index is 652. The molecule has 6 heteroatoms. The predicted octanol–water partition coefficient (Wildman–Crippen LogP) is 1.91. The number of nitrogens with one attached hydrogen (secondary N) is 2. The first kappa shape index (κ1) is 13.9. The zero-order valence-corrected chi connectivity index (χ0v) is 11.7. The average molecular weight is 271 g/mol. The predicted molar refractivity (Wildman–Crippen MR) is 79.0 cm³/mol. The Kier molecular flexibility index (Phi) is 3.93. The minimum absolute atomic E-state index is 0.132. The summed E-state index contributed by atoms with van der Waals surface area (Å²) in [5, 5.41) is 11.2. The number of hydrogen-bond acceptors (Lipinski definition) is 5. The number of anilines is 1. The van der Waals surface area contributed by atoms with Crippen LogP contribution in [0.2, 0.25) is 0 Å². The van der Waals surface area contributed by atoms with E-state index in [1.807, 2.05) is 12.1 Å². The van der Waals surface area contributed by atoms with Crippen LogP contribution >= 0.6 is 0 Å². The lowest BCUT2D eigenvalue weighted by atomic mass is 9.87. The van der Waals surface area contributed by atoms with Gasteiger partial charge in [0.25, 0.3) is 5.56 Å². The highest BCUT2D eigenvalue weighted by Crippen LogP contribution is 2.21. The summed E-state index contributed by atoms with van der Waals surface area (Å²) in [6, 6.07) is 8.13. The van der Waals surface area contributed by atoms with Gasteiger partial charge in [0.1, 0.15) is 6.20 Å². The van der Waals surface area contributed by atoms with Gasteiger partial charge in [0, 0.05) is 0 Å². The second-order valence-electron chi connectivity index (χ2n) is 5.42. The fourth-order valence-corrected chi connectivity index (χ4v) is 1.60. The van der Waals surface area contributed by atoms with E-state index in [0.29, 0.717) is 0 Å². The van der Waals surface area contributed by atoms with Gasteiger partial charge >= 0.3 is 0 Å². The lowest BCUT2D eigenvalue weighted by molar-refractivity contribution is 0.590. The van der Waals surface area contributed by atoms with E-state index in [1.165, 1.54) is 5.56 Å². The van der Waals surface area contributed by atoms with E-state index in [-0.39, 0.29) is 16.9 Å². The van der Waals surface area contributed by atoms with Gasteiger partial charge in [0.15, 0.2) is 0 Å². The van der Waals surface area contributed by atoms with E-state index in [2.05, 4.69) is 58.6 Å². The Morgan fingerprint density at radius 2 is 1.95 bits per heavy atom. The van der Waals surface area contributed by atoms with Crippen LogP contribution in [0.3, 0.4) is 0 Å². The largest absolute Gasteiger partial charge is 0.289 e. The number of nitrogens with zero attached hydrogens (tertiary/aromatic N) is 3. The second-order valence-corrected chi connectivity index (χ2v) is 5.42. The Balaban J connectivity index is 2.03. The number of H-pyrrole nitrogens is 1. The molecule has 0 amide bonds. The lowest BCUT2D eigenvalue weighted by Gasteiger charge is -2.18. The third-order valence-corrected chi connectivity index (χ3v) is 2.74. The summed E-state index contributed by atoms with van der Waals surface area (Å²) in [7, 11) is 0. The summed E-state index contributed by atoms with van der Waals surface area (Å²) >= 11 is 0. The highest BCUT2D eigenvalue weighted by molar-refractivity contribution is 5.80. The molecule has 2 aromatic rings. The SMILES string of the molecule is CC(C)(C)c1ccc(/C=N/Nc2nncc(=O)[nH]2)cc1. The van der Waals surface area contributed by atoms with Gasteiger partial charge in [-0.3, -0.25) is 9.78 Å². The summed E-state index contributed by atoms with van der Waals surface area (Å²) in [5.74, 6) is 0.208. The molecule has 104 valence electrons. The summed E-state index contributed by atoms with van der Waals surface area (Å²) in [6.45, 7) is 6.51. The van der Waals surface area contributed by atoms with Gasteiger partial charge in [-0.15, -0.1) is 10.2 Å². The summed E-state index contributed by atoms with van der Waals surface area (Å²) < 4.78 is 0. The van der Waals surface area contributed by atoms with Crippen molar-refractivity contribution in [3.8, 4) is 0 Å². The quantitative estimate of drug-likeness (QED) is 0.660. The molecule has 0 aliphatic carbocycles. The lowest BCUT2D eigenvalue weighted by Crippen LogP contribution is -2.11. The molecular formula is C14H17N5O. The molecular weight excluding hydrogens is 254 g/mol. The van der Waals surface area contributed by atoms with E-state index in [1.54, 1.807) is 6.21 Å². The van der Waals surface area contributed by atoms with Gasteiger partial charge in [0.2, 0.25) is 5.95 Å². The smallest absolute Gasteiger partial charge is 0.271 e. The van der Waals surface area contributed by atoms with E-state index >= 15 is 0 Å². The molecule has 0 saturated carbocycles. The third-order valence-electron chi connectivity index (χ3n) is 2.74. The van der Waals surface area contributed by atoms with Gasteiger partial charge in [-0.2, -0.15) is 5.10 Å². The van der Waals surface area contributed by atoms with Crippen LogP contribution in [0.1, 0.15) is 31.9 Å². The first-order valence-corrected chi connectivity index (χ1v) is 6.27. The molecule has 0 radical (unpaired) electrons. The summed E-state index contributed by atoms with van der Waals surface area (Å²) in [5.41, 5.74) is 4.64. The Morgan fingerprint density at radius 1 is 1.25 bits per heavy atom. The average Bonchev–Trinajstić information content (AvgIpc) is 2.38. The molecule has 0 unspecified atom stereocenters. The van der Waals surface area contributed by atoms with E-state index in [4.69, 9.17) is 0 Å². The van der Waals surface area contributed by atoms with Crippen LogP contribution in [0.4, 0.5) is 5.95 Å². The molecule has 1 aromatic heterocycles. The Labute approximate surface area is 117 Å². The van der Waals surface area contributed by atoms with Crippen LogP contribution in [0.15, 0.2) is 40.4 Å². The van der Waals surface area contributed by atoms with Gasteiger partial charge in [-0.25, -0.2) is 5.43 Å². The summed E-state index contributed by atoms with van der Waals surface area (Å²) in [6.07, 6.45) is 2.75. The molecule has 6 nitrogen and oxygen atoms in total. The van der Waals surface area contributed by atoms with Crippen molar-refractivity contribution in [2.75, 3.05) is 5.43 Å². The van der Waals surface area contributed by atoms with Crippen molar-refractivity contribution >= 4 is 12.2 Å². The first-order chi connectivity index (χ1) is 9.45. The Morgan fingerprint density at radius 3 is 2.55 bits per heavy atom. The standard InChI is InChI=1S/C14H17N5O/c1-14(2,3)11-6-4-10(5-7-11)8-15-18-13-17-12(20)9-16-19-13/h4-9H,1-3H3,(H2,17,18,19,20)/b15-8+. The molecule has 2 rings (SSSR count). The maximum atomic E-state index is 11.0. The first-order valence-electron chi connectivity index (χ1n) is 6.27. The van der Waals surface area contributed by atoms with Gasteiger partial charge in [-0.1, -0.05) is 45.0 Å². The number of benzene rings is 1. The van der Waals surface area contributed by atoms with Crippen LogP contribution in [0.25, 0.3) is 0 Å². The monoisotopic (exact) mass is 271 g/mol. The topological polar surface area (TPSA) is 83.0 Å². The summed E-state index contributed by atoms with van der Waals surface area (Å²) in [4.78, 5) is 13.5. The molecule has 0 aliphatic rings. The fourth-order valence-electron chi connectivity index (χ4n) is 1.60. The zero-order chi connectivity index (χ0) is 14.6. The fraction of sp³-hybridized carbons (Fsp3) is 0.286. The van der Waals surface area contributed by atoms with E-state index in [0.717, 1.165) is 11.8 Å². The molecule has 1 aromatic carbocycles. The van der Waals surface area contributed by atoms with E-state index in [9.17, 15) is 4.79 Å².